The van der Waals surface area contributed by atoms with Crippen molar-refractivity contribution in [2.75, 3.05) is 36.5 Å². The molecule has 2 aromatic carbocycles. The molecule has 0 saturated carbocycles. The van der Waals surface area contributed by atoms with Crippen LogP contribution in [-0.4, -0.2) is 42.2 Å². The maximum Gasteiger partial charge on any atom is 0.270 e. The number of thiocarbonyl (C=S) groups is 1. The molecule has 2 aromatic rings. The lowest BCUT2D eigenvalue weighted by Crippen LogP contribution is -2.39. The Morgan fingerprint density at radius 3 is 2.62 bits per heavy atom. The van der Waals surface area contributed by atoms with Crippen LogP contribution in [0.5, 0.6) is 0 Å². The van der Waals surface area contributed by atoms with E-state index in [4.69, 9.17) is 17.0 Å². The van der Waals surface area contributed by atoms with E-state index in [1.165, 1.54) is 30.3 Å². The number of hydrogen-bond donors (Lipinski definition) is 2. The Kier molecular flexibility index (Phi) is 6.72. The molecule has 1 heterocycles. The van der Waals surface area contributed by atoms with Gasteiger partial charge in [0, 0.05) is 29.7 Å². The lowest BCUT2D eigenvalue weighted by Gasteiger charge is -2.30. The van der Waals surface area contributed by atoms with Crippen LogP contribution < -0.4 is 15.5 Å². The van der Waals surface area contributed by atoms with Crippen LogP contribution in [0.4, 0.5) is 21.5 Å². The average Bonchev–Trinajstić information content (AvgIpc) is 2.70. The number of ether oxygens (including phenoxy) is 1. The SMILES string of the molecule is O=C(NC(=S)Nc1ccc(Br)cc1F)c1cc([N+](=O)[O-])ccc1N1CCOCC1. The Morgan fingerprint density at radius 2 is 1.97 bits per heavy atom. The van der Waals surface area contributed by atoms with Gasteiger partial charge in [-0.25, -0.2) is 4.39 Å². The summed E-state index contributed by atoms with van der Waals surface area (Å²) in [6, 6.07) is 8.41. The molecule has 0 atom stereocenters. The molecule has 2 N–H and O–H groups in total. The number of amides is 1. The zero-order valence-electron chi connectivity index (χ0n) is 15.0. The van der Waals surface area contributed by atoms with E-state index in [2.05, 4.69) is 26.6 Å². The molecule has 1 fully saturated rings. The van der Waals surface area contributed by atoms with Gasteiger partial charge in [0.15, 0.2) is 5.11 Å². The van der Waals surface area contributed by atoms with E-state index in [0.717, 1.165) is 0 Å². The molecule has 1 amide bonds. The van der Waals surface area contributed by atoms with Gasteiger partial charge < -0.3 is 15.0 Å². The second-order valence-electron chi connectivity index (χ2n) is 6.09. The summed E-state index contributed by atoms with van der Waals surface area (Å²) in [6.07, 6.45) is 0. The number of carbonyl (C=O) groups excluding carboxylic acids is 1. The third-order valence-electron chi connectivity index (χ3n) is 4.19. The van der Waals surface area contributed by atoms with Gasteiger partial charge in [-0.05, 0) is 36.5 Å². The minimum Gasteiger partial charge on any atom is -0.378 e. The standard InChI is InChI=1S/C18H16BrFN4O4S/c19-11-1-3-15(14(20)9-11)21-18(29)22-17(25)13-10-12(24(26)27)2-4-16(13)23-5-7-28-8-6-23/h1-4,9-10H,5-8H2,(H2,21,22,25,29). The summed E-state index contributed by atoms with van der Waals surface area (Å²) in [7, 11) is 0. The van der Waals surface area contributed by atoms with Crippen LogP contribution >= 0.6 is 28.1 Å². The Labute approximate surface area is 179 Å². The quantitative estimate of drug-likeness (QED) is 0.391. The Morgan fingerprint density at radius 1 is 1.24 bits per heavy atom. The summed E-state index contributed by atoms with van der Waals surface area (Å²) in [5.41, 5.74) is 0.506. The number of carbonyl (C=O) groups is 1. The van der Waals surface area contributed by atoms with Crippen LogP contribution in [0.25, 0.3) is 0 Å². The maximum absolute atomic E-state index is 14.0. The highest BCUT2D eigenvalue weighted by molar-refractivity contribution is 9.10. The van der Waals surface area contributed by atoms with Gasteiger partial charge in [0.25, 0.3) is 11.6 Å². The molecule has 0 spiro atoms. The largest absolute Gasteiger partial charge is 0.378 e. The zero-order valence-corrected chi connectivity index (χ0v) is 17.4. The van der Waals surface area contributed by atoms with Gasteiger partial charge in [-0.1, -0.05) is 15.9 Å². The normalized spacial score (nSPS) is 13.7. The van der Waals surface area contributed by atoms with E-state index in [1.54, 1.807) is 6.07 Å². The third-order valence-corrected chi connectivity index (χ3v) is 4.89. The second-order valence-corrected chi connectivity index (χ2v) is 7.41. The summed E-state index contributed by atoms with van der Waals surface area (Å²) in [5.74, 6) is -1.19. The molecule has 0 aromatic heterocycles. The van der Waals surface area contributed by atoms with E-state index in [9.17, 15) is 19.3 Å². The number of halogens is 2. The minimum atomic E-state index is -0.634. The van der Waals surface area contributed by atoms with Crippen molar-refractivity contribution < 1.29 is 18.8 Å². The van der Waals surface area contributed by atoms with Crippen LogP contribution in [0.3, 0.4) is 0 Å². The van der Waals surface area contributed by atoms with Gasteiger partial charge in [0.2, 0.25) is 0 Å². The fraction of sp³-hybridized carbons (Fsp3) is 0.222. The number of hydrogen-bond acceptors (Lipinski definition) is 6. The highest BCUT2D eigenvalue weighted by Crippen LogP contribution is 2.26. The molecule has 1 aliphatic rings. The molecule has 0 unspecified atom stereocenters. The van der Waals surface area contributed by atoms with Crippen LogP contribution in [0.2, 0.25) is 0 Å². The van der Waals surface area contributed by atoms with E-state index >= 15 is 0 Å². The van der Waals surface area contributed by atoms with E-state index in [0.29, 0.717) is 36.5 Å². The second kappa shape index (κ2) is 9.25. The monoisotopic (exact) mass is 482 g/mol. The number of nitrogens with one attached hydrogen (secondary N) is 2. The molecule has 152 valence electrons. The number of nitrogens with zero attached hydrogens (tertiary/aromatic N) is 2. The van der Waals surface area contributed by atoms with E-state index in [1.807, 2.05) is 4.90 Å². The van der Waals surface area contributed by atoms with Crippen molar-refractivity contribution in [1.29, 1.82) is 0 Å². The number of nitro benzene ring substituents is 1. The lowest BCUT2D eigenvalue weighted by molar-refractivity contribution is -0.384. The fourth-order valence-electron chi connectivity index (χ4n) is 2.81. The molecule has 0 bridgehead atoms. The van der Waals surface area contributed by atoms with Gasteiger partial charge in [-0.15, -0.1) is 0 Å². The predicted octanol–water partition coefficient (Wildman–Crippen LogP) is 3.46. The van der Waals surface area contributed by atoms with Crippen molar-refractivity contribution >= 4 is 56.2 Å². The van der Waals surface area contributed by atoms with Gasteiger partial charge in [0.05, 0.1) is 35.1 Å². The first-order valence-corrected chi connectivity index (χ1v) is 9.74. The topological polar surface area (TPSA) is 96.7 Å². The van der Waals surface area contributed by atoms with Crippen LogP contribution in [-0.2, 0) is 4.74 Å². The number of non-ortho nitro benzene ring substituents is 1. The summed E-state index contributed by atoms with van der Waals surface area (Å²) < 4.78 is 19.8. The summed E-state index contributed by atoms with van der Waals surface area (Å²) in [4.78, 5) is 25.3. The average molecular weight is 483 g/mol. The van der Waals surface area contributed by atoms with Crippen molar-refractivity contribution in [1.82, 2.24) is 5.32 Å². The highest BCUT2D eigenvalue weighted by Gasteiger charge is 2.22. The number of nitro groups is 1. The van der Waals surface area contributed by atoms with Crippen molar-refractivity contribution in [3.05, 3.63) is 62.4 Å². The van der Waals surface area contributed by atoms with Gasteiger partial charge in [0.1, 0.15) is 5.82 Å². The van der Waals surface area contributed by atoms with E-state index < -0.39 is 16.6 Å². The predicted molar refractivity (Wildman–Crippen MR) is 114 cm³/mol. The Balaban J connectivity index is 1.81. The molecule has 1 aliphatic heterocycles. The highest BCUT2D eigenvalue weighted by atomic mass is 79.9. The van der Waals surface area contributed by atoms with Crippen LogP contribution in [0, 0.1) is 15.9 Å². The van der Waals surface area contributed by atoms with Crippen LogP contribution in [0.1, 0.15) is 10.4 Å². The van der Waals surface area contributed by atoms with Gasteiger partial charge >= 0.3 is 0 Å². The van der Waals surface area contributed by atoms with Crippen LogP contribution in [0.15, 0.2) is 40.9 Å². The number of rotatable bonds is 4. The fourth-order valence-corrected chi connectivity index (χ4v) is 3.35. The molecule has 0 aliphatic carbocycles. The molecule has 11 heteroatoms. The number of anilines is 2. The zero-order chi connectivity index (χ0) is 21.0. The molecular weight excluding hydrogens is 467 g/mol. The van der Waals surface area contributed by atoms with Gasteiger partial charge in [-0.2, -0.15) is 0 Å². The first-order chi connectivity index (χ1) is 13.8. The first kappa shape index (κ1) is 21.1. The van der Waals surface area contributed by atoms with Crippen molar-refractivity contribution in [2.45, 2.75) is 0 Å². The number of morpholine rings is 1. The van der Waals surface area contributed by atoms with Crippen molar-refractivity contribution in [2.24, 2.45) is 0 Å². The third kappa shape index (κ3) is 5.25. The van der Waals surface area contributed by atoms with Gasteiger partial charge in [-0.3, -0.25) is 20.2 Å². The molecule has 1 saturated heterocycles. The van der Waals surface area contributed by atoms with Crippen molar-refractivity contribution in [3.8, 4) is 0 Å². The Bertz CT molecular complexity index is 969. The molecule has 0 radical (unpaired) electrons. The molecular formula is C18H16BrFN4O4S. The molecule has 29 heavy (non-hydrogen) atoms. The molecule has 8 nitrogen and oxygen atoms in total. The summed E-state index contributed by atoms with van der Waals surface area (Å²) in [6.45, 7) is 2.07. The summed E-state index contributed by atoms with van der Waals surface area (Å²) in [5, 5.41) is 16.1. The lowest BCUT2D eigenvalue weighted by atomic mass is 10.1. The smallest absolute Gasteiger partial charge is 0.270 e. The van der Waals surface area contributed by atoms with E-state index in [-0.39, 0.29) is 22.1 Å². The summed E-state index contributed by atoms with van der Waals surface area (Å²) >= 11 is 8.26. The first-order valence-electron chi connectivity index (χ1n) is 8.53. The minimum absolute atomic E-state index is 0.0888. The Hall–Kier alpha value is -2.63. The number of benzene rings is 2. The van der Waals surface area contributed by atoms with Crippen molar-refractivity contribution in [3.63, 3.8) is 0 Å². The molecule has 3 rings (SSSR count). The maximum atomic E-state index is 14.0.